The van der Waals surface area contributed by atoms with E-state index in [1.54, 1.807) is 0 Å². The van der Waals surface area contributed by atoms with Crippen molar-refractivity contribution in [3.05, 3.63) is 35.5 Å². The number of carbonyl (C=O) groups excluding carboxylic acids is 2. The van der Waals surface area contributed by atoms with Crippen molar-refractivity contribution in [3.8, 4) is 0 Å². The molecule has 1 fully saturated rings. The molecule has 4 nitrogen and oxygen atoms in total. The molecule has 0 aromatic heterocycles. The van der Waals surface area contributed by atoms with Gasteiger partial charge >= 0.3 is 5.97 Å². The van der Waals surface area contributed by atoms with E-state index in [-0.39, 0.29) is 11.7 Å². The zero-order chi connectivity index (χ0) is 17.9. The summed E-state index contributed by atoms with van der Waals surface area (Å²) in [5.41, 5.74) is 2.81. The second kappa shape index (κ2) is 7.93. The monoisotopic (exact) mass is 332 g/mol. The van der Waals surface area contributed by atoms with Crippen LogP contribution >= 0.6 is 0 Å². The number of esters is 1. The van der Waals surface area contributed by atoms with Gasteiger partial charge in [-0.1, -0.05) is 23.8 Å². The minimum atomic E-state index is -0.788. The van der Waals surface area contributed by atoms with Crippen molar-refractivity contribution in [1.82, 2.24) is 0 Å². The molecule has 1 aliphatic carbocycles. The quantitative estimate of drug-likeness (QED) is 0.453. The number of fused-ring (bicyclic) bond motifs is 1. The van der Waals surface area contributed by atoms with E-state index >= 15 is 0 Å². The van der Waals surface area contributed by atoms with Crippen LogP contribution in [0.3, 0.4) is 0 Å². The summed E-state index contributed by atoms with van der Waals surface area (Å²) in [5, 5.41) is 10.6. The maximum Gasteiger partial charge on any atom is 0.334 e. The topological polar surface area (TPSA) is 63.6 Å². The van der Waals surface area contributed by atoms with E-state index in [1.165, 1.54) is 12.5 Å². The molecule has 1 heterocycles. The zero-order valence-electron chi connectivity index (χ0n) is 14.9. The Labute approximate surface area is 144 Å². The van der Waals surface area contributed by atoms with Crippen LogP contribution < -0.4 is 0 Å². The van der Waals surface area contributed by atoms with Gasteiger partial charge in [0.2, 0.25) is 0 Å². The number of Topliss-reactive ketones (excluding diaryl/α,β-unsaturated/α-hetero) is 1. The van der Waals surface area contributed by atoms with Gasteiger partial charge in [-0.3, -0.25) is 4.79 Å². The van der Waals surface area contributed by atoms with Crippen LogP contribution in [0.15, 0.2) is 35.5 Å². The van der Waals surface area contributed by atoms with Gasteiger partial charge in [0, 0.05) is 17.4 Å². The first-order valence-corrected chi connectivity index (χ1v) is 8.70. The molecule has 0 aromatic rings. The van der Waals surface area contributed by atoms with Crippen LogP contribution in [0.4, 0.5) is 0 Å². The maximum atomic E-state index is 12.0. The summed E-state index contributed by atoms with van der Waals surface area (Å²) in [5.74, 6) is -1.09. The second-order valence-electron chi connectivity index (χ2n) is 7.16. The lowest BCUT2D eigenvalue weighted by atomic mass is 9.82. The highest BCUT2D eigenvalue weighted by Crippen LogP contribution is 2.35. The third kappa shape index (κ3) is 4.44. The van der Waals surface area contributed by atoms with Gasteiger partial charge in [-0.05, 0) is 59.0 Å². The van der Waals surface area contributed by atoms with E-state index in [4.69, 9.17) is 4.74 Å². The number of hydrogen-bond donors (Lipinski definition) is 1. The number of hydrogen-bond acceptors (Lipinski definition) is 4. The van der Waals surface area contributed by atoms with Crippen molar-refractivity contribution >= 4 is 11.8 Å². The number of carbonyl (C=O) groups is 2. The molecule has 4 atom stereocenters. The Morgan fingerprint density at radius 2 is 2.00 bits per heavy atom. The average molecular weight is 332 g/mol. The van der Waals surface area contributed by atoms with Gasteiger partial charge in [-0.15, -0.1) is 0 Å². The Morgan fingerprint density at radius 3 is 2.67 bits per heavy atom. The maximum absolute atomic E-state index is 12.0. The highest BCUT2D eigenvalue weighted by Gasteiger charge is 2.40. The van der Waals surface area contributed by atoms with Crippen molar-refractivity contribution in [2.24, 2.45) is 11.8 Å². The largest absolute Gasteiger partial charge is 0.454 e. The van der Waals surface area contributed by atoms with Crippen molar-refractivity contribution in [3.63, 3.8) is 0 Å². The van der Waals surface area contributed by atoms with E-state index in [0.29, 0.717) is 18.4 Å². The van der Waals surface area contributed by atoms with E-state index in [1.807, 2.05) is 13.0 Å². The minimum Gasteiger partial charge on any atom is -0.454 e. The molecule has 0 aromatic carbocycles. The average Bonchev–Trinajstić information content (AvgIpc) is 2.74. The van der Waals surface area contributed by atoms with Crippen LogP contribution in [0.25, 0.3) is 0 Å². The van der Waals surface area contributed by atoms with Crippen molar-refractivity contribution in [2.75, 3.05) is 0 Å². The first kappa shape index (κ1) is 18.7. The molecule has 132 valence electrons. The highest BCUT2D eigenvalue weighted by atomic mass is 16.6. The molecular weight excluding hydrogens is 304 g/mol. The van der Waals surface area contributed by atoms with Crippen LogP contribution in [0, 0.1) is 11.8 Å². The number of aliphatic hydroxyl groups is 1. The SMILES string of the molecule is C=C1C(=O)O[C@@H]2/C=C(\C)CC/C=C(\C)CCC(C(C)=O)C(O)C[C@H]12. The Morgan fingerprint density at radius 1 is 1.29 bits per heavy atom. The predicted octanol–water partition coefficient (Wildman–Crippen LogP) is 3.51. The van der Waals surface area contributed by atoms with Crippen molar-refractivity contribution in [2.45, 2.75) is 65.1 Å². The number of rotatable bonds is 1. The van der Waals surface area contributed by atoms with Crippen LogP contribution in [-0.2, 0) is 14.3 Å². The van der Waals surface area contributed by atoms with Crippen molar-refractivity contribution in [1.29, 1.82) is 0 Å². The lowest BCUT2D eigenvalue weighted by Gasteiger charge is -2.24. The molecule has 1 N–H and O–H groups in total. The molecule has 4 heteroatoms. The Hall–Kier alpha value is -1.68. The van der Waals surface area contributed by atoms with Gasteiger partial charge in [0.1, 0.15) is 11.9 Å². The van der Waals surface area contributed by atoms with Crippen LogP contribution in [0.1, 0.15) is 52.9 Å². The third-order valence-electron chi connectivity index (χ3n) is 5.16. The predicted molar refractivity (Wildman–Crippen MR) is 93.3 cm³/mol. The van der Waals surface area contributed by atoms with Gasteiger partial charge in [0.15, 0.2) is 0 Å². The Bertz CT molecular complexity index is 584. The van der Waals surface area contributed by atoms with E-state index in [9.17, 15) is 14.7 Å². The number of allylic oxidation sites excluding steroid dienone is 3. The molecule has 2 unspecified atom stereocenters. The van der Waals surface area contributed by atoms with E-state index < -0.39 is 24.1 Å². The second-order valence-corrected chi connectivity index (χ2v) is 7.16. The van der Waals surface area contributed by atoms with Gasteiger partial charge in [0.05, 0.1) is 6.10 Å². The summed E-state index contributed by atoms with van der Waals surface area (Å²) in [4.78, 5) is 23.9. The molecule has 0 radical (unpaired) electrons. The van der Waals surface area contributed by atoms with Gasteiger partial charge < -0.3 is 9.84 Å². The lowest BCUT2D eigenvalue weighted by molar-refractivity contribution is -0.137. The molecule has 0 bridgehead atoms. The van der Waals surface area contributed by atoms with Gasteiger partial charge in [-0.25, -0.2) is 4.79 Å². The zero-order valence-corrected chi connectivity index (χ0v) is 14.9. The molecule has 24 heavy (non-hydrogen) atoms. The number of ether oxygens (including phenoxy) is 1. The fourth-order valence-electron chi connectivity index (χ4n) is 3.54. The smallest absolute Gasteiger partial charge is 0.334 e. The molecule has 1 aliphatic heterocycles. The molecule has 0 spiro atoms. The molecule has 0 amide bonds. The molecule has 0 saturated carbocycles. The Kier molecular flexibility index (Phi) is 6.16. The summed E-state index contributed by atoms with van der Waals surface area (Å²) in [7, 11) is 0. The molecule has 2 rings (SSSR count). The summed E-state index contributed by atoms with van der Waals surface area (Å²) in [6.07, 6.45) is 6.57. The van der Waals surface area contributed by atoms with E-state index in [2.05, 4.69) is 19.6 Å². The first-order valence-electron chi connectivity index (χ1n) is 8.70. The standard InChI is InChI=1S/C20H28O4/c1-12-6-5-7-13(2)10-19-17(14(3)20(23)24-19)11-18(22)16(9-8-12)15(4)21/h6,10,16-19,22H,3,5,7-9,11H2,1-2,4H3/b12-6+,13-10+/t16?,17-,18?,19-/m1/s1. The Balaban J connectivity index is 2.30. The lowest BCUT2D eigenvalue weighted by Crippen LogP contribution is -2.31. The molecule has 1 saturated heterocycles. The summed E-state index contributed by atoms with van der Waals surface area (Å²) >= 11 is 0. The number of ketones is 1. The van der Waals surface area contributed by atoms with Crippen LogP contribution in [0.5, 0.6) is 0 Å². The normalized spacial score (nSPS) is 36.8. The molecular formula is C20H28O4. The van der Waals surface area contributed by atoms with Gasteiger partial charge in [-0.2, -0.15) is 0 Å². The summed E-state index contributed by atoms with van der Waals surface area (Å²) in [6.45, 7) is 9.46. The van der Waals surface area contributed by atoms with E-state index in [0.717, 1.165) is 24.8 Å². The number of aliphatic hydroxyl groups excluding tert-OH is 1. The summed E-state index contributed by atoms with van der Waals surface area (Å²) < 4.78 is 5.42. The molecule has 2 aliphatic rings. The van der Waals surface area contributed by atoms with Crippen LogP contribution in [-0.4, -0.2) is 29.1 Å². The fraction of sp³-hybridized carbons (Fsp3) is 0.600. The summed E-state index contributed by atoms with van der Waals surface area (Å²) in [6, 6.07) is 0. The van der Waals surface area contributed by atoms with Crippen molar-refractivity contribution < 1.29 is 19.4 Å². The fourth-order valence-corrected chi connectivity index (χ4v) is 3.54. The minimum absolute atomic E-state index is 0.00991. The highest BCUT2D eigenvalue weighted by molar-refractivity contribution is 5.91. The third-order valence-corrected chi connectivity index (χ3v) is 5.16. The first-order chi connectivity index (χ1) is 11.3. The van der Waals surface area contributed by atoms with Crippen LogP contribution in [0.2, 0.25) is 0 Å². The van der Waals surface area contributed by atoms with Gasteiger partial charge in [0.25, 0.3) is 0 Å².